The Bertz CT molecular complexity index is 313. The van der Waals surface area contributed by atoms with E-state index in [1.165, 1.54) is 18.4 Å². The molecule has 2 aliphatic carbocycles. The molecule has 0 heteroatoms. The Morgan fingerprint density at radius 2 is 2.07 bits per heavy atom. The summed E-state index contributed by atoms with van der Waals surface area (Å²) in [6.45, 7) is 13.1. The van der Waals surface area contributed by atoms with Crippen molar-refractivity contribution in [2.24, 2.45) is 17.3 Å². The second kappa shape index (κ2) is 3.81. The first-order chi connectivity index (χ1) is 7.42. The van der Waals surface area contributed by atoms with E-state index in [-0.39, 0.29) is 6.40 Å². The van der Waals surface area contributed by atoms with Crippen LogP contribution in [0.25, 0.3) is 0 Å². The molecule has 0 amide bonds. The van der Waals surface area contributed by atoms with Crippen molar-refractivity contribution in [2.75, 3.05) is 0 Å². The Kier molecular flexibility index (Phi) is 2.46. The van der Waals surface area contributed by atoms with Crippen LogP contribution >= 0.6 is 0 Å². The highest BCUT2D eigenvalue weighted by molar-refractivity contribution is 5.15. The average Bonchev–Trinajstić information content (AvgIpc) is 2.24. The molecule has 2 saturated carbocycles. The highest BCUT2D eigenvalue weighted by atomic mass is 14.5. The molecule has 0 spiro atoms. The van der Waals surface area contributed by atoms with Gasteiger partial charge in [0.1, 0.15) is 0 Å². The summed E-state index contributed by atoms with van der Waals surface area (Å²) in [5.74, 6) is 1.51. The topological polar surface area (TPSA) is 0 Å². The molecule has 2 aliphatic rings. The minimum atomic E-state index is -0.0580. The second-order valence-corrected chi connectivity index (χ2v) is 6.00. The van der Waals surface area contributed by atoms with Crippen LogP contribution in [-0.2, 0) is 0 Å². The lowest BCUT2D eigenvalue weighted by Gasteiger charge is -2.53. The molecule has 3 atom stereocenters. The van der Waals surface area contributed by atoms with Gasteiger partial charge in [0.05, 0.1) is 0 Å². The summed E-state index contributed by atoms with van der Waals surface area (Å²) in [5.41, 5.74) is 3.02. The van der Waals surface area contributed by atoms with Gasteiger partial charge in [-0.25, -0.2) is 0 Å². The smallest absolute Gasteiger partial charge is 0.0313 e. The van der Waals surface area contributed by atoms with E-state index in [1.54, 1.807) is 0 Å². The largest absolute Gasteiger partial charge is 0.0999 e. The highest BCUT2D eigenvalue weighted by Crippen LogP contribution is 2.56. The Hall–Kier alpha value is -0.520. The summed E-state index contributed by atoms with van der Waals surface area (Å²) < 4.78 is 8.01. The lowest BCUT2D eigenvalue weighted by molar-refractivity contribution is 0.00412. The van der Waals surface area contributed by atoms with Crippen LogP contribution in [0.2, 0.25) is 0 Å². The monoisotopic (exact) mass is 205 g/mol. The number of fused-ring (bicyclic) bond motifs is 1. The summed E-state index contributed by atoms with van der Waals surface area (Å²) in [7, 11) is 0. The summed E-state index contributed by atoms with van der Waals surface area (Å²) >= 11 is 0. The van der Waals surface area contributed by atoms with Gasteiger partial charge in [-0.05, 0) is 55.8 Å². The molecule has 0 aliphatic heterocycles. The van der Waals surface area contributed by atoms with Gasteiger partial charge in [0, 0.05) is 1.37 Å². The molecule has 0 N–H and O–H groups in total. The van der Waals surface area contributed by atoms with Crippen molar-refractivity contribution in [1.82, 2.24) is 0 Å². The number of allylic oxidation sites excluding steroid dienone is 2. The second-order valence-electron chi connectivity index (χ2n) is 6.00. The number of hydrogen-bond donors (Lipinski definition) is 0. The number of rotatable bonds is 0. The zero-order valence-corrected chi connectivity index (χ0v) is 10.2. The van der Waals surface area contributed by atoms with E-state index in [2.05, 4.69) is 27.0 Å². The van der Waals surface area contributed by atoms with Gasteiger partial charge < -0.3 is 0 Å². The molecular weight excluding hydrogens is 180 g/mol. The molecule has 84 valence electrons. The highest BCUT2D eigenvalue weighted by Gasteiger charge is 2.47. The maximum atomic E-state index is 8.01. The van der Waals surface area contributed by atoms with Gasteiger partial charge in [-0.15, -0.1) is 0 Å². The van der Waals surface area contributed by atoms with Crippen LogP contribution in [0.5, 0.6) is 0 Å². The van der Waals surface area contributed by atoms with Crippen molar-refractivity contribution in [1.29, 1.82) is 0 Å². The Balaban J connectivity index is 2.12. The maximum Gasteiger partial charge on any atom is 0.0313 e. The van der Waals surface area contributed by atoms with Gasteiger partial charge in [0.25, 0.3) is 0 Å². The van der Waals surface area contributed by atoms with Crippen LogP contribution in [0.3, 0.4) is 0 Å². The molecule has 0 saturated heterocycles. The molecule has 15 heavy (non-hydrogen) atoms. The fourth-order valence-corrected chi connectivity index (χ4v) is 3.36. The van der Waals surface area contributed by atoms with Gasteiger partial charge in [-0.2, -0.15) is 0 Å². The van der Waals surface area contributed by atoms with E-state index >= 15 is 0 Å². The van der Waals surface area contributed by atoms with Crippen LogP contribution in [0.4, 0.5) is 0 Å². The van der Waals surface area contributed by atoms with Crippen LogP contribution in [0.1, 0.15) is 53.7 Å². The standard InChI is InChI=1S/C15H24/c1-11-6-5-7-12(2)13-10-15(3,4)14(13)9-8-11/h13-14H,1-2,5-10H2,3-4H3/t13-,14-/m1/s1/i6D/t6?,13-,14-. The van der Waals surface area contributed by atoms with E-state index < -0.39 is 0 Å². The van der Waals surface area contributed by atoms with Crippen LogP contribution in [0, 0.1) is 17.3 Å². The maximum absolute atomic E-state index is 8.01. The Labute approximate surface area is 95.9 Å². The van der Waals surface area contributed by atoms with Crippen molar-refractivity contribution in [3.05, 3.63) is 24.3 Å². The van der Waals surface area contributed by atoms with Crippen LogP contribution in [0.15, 0.2) is 24.3 Å². The van der Waals surface area contributed by atoms with E-state index in [4.69, 9.17) is 1.37 Å². The minimum absolute atomic E-state index is 0.0580. The van der Waals surface area contributed by atoms with Gasteiger partial charge in [0.15, 0.2) is 0 Å². The van der Waals surface area contributed by atoms with Crippen LogP contribution in [-0.4, -0.2) is 0 Å². The van der Waals surface area contributed by atoms with Crippen molar-refractivity contribution in [2.45, 2.75) is 52.3 Å². The zero-order valence-electron chi connectivity index (χ0n) is 11.2. The fourth-order valence-electron chi connectivity index (χ4n) is 3.36. The Morgan fingerprint density at radius 3 is 2.73 bits per heavy atom. The van der Waals surface area contributed by atoms with E-state index in [0.29, 0.717) is 5.41 Å². The van der Waals surface area contributed by atoms with E-state index in [1.807, 2.05) is 0 Å². The molecule has 2 fully saturated rings. The van der Waals surface area contributed by atoms with E-state index in [9.17, 15) is 0 Å². The quantitative estimate of drug-likeness (QED) is 0.502. The van der Waals surface area contributed by atoms with Crippen molar-refractivity contribution >= 4 is 0 Å². The minimum Gasteiger partial charge on any atom is -0.0999 e. The van der Waals surface area contributed by atoms with Gasteiger partial charge >= 0.3 is 0 Å². The van der Waals surface area contributed by atoms with Gasteiger partial charge in [-0.1, -0.05) is 38.2 Å². The third-order valence-electron chi connectivity index (χ3n) is 4.43. The van der Waals surface area contributed by atoms with Crippen LogP contribution < -0.4 is 0 Å². The van der Waals surface area contributed by atoms with E-state index in [0.717, 1.165) is 36.7 Å². The lowest BCUT2D eigenvalue weighted by Crippen LogP contribution is -2.44. The average molecular weight is 205 g/mol. The zero-order chi connectivity index (χ0) is 11.9. The molecular formula is C15H24. The molecule has 0 aromatic rings. The molecule has 2 rings (SSSR count). The first-order valence-corrected chi connectivity index (χ1v) is 6.19. The van der Waals surface area contributed by atoms with Crippen molar-refractivity contribution in [3.8, 4) is 0 Å². The van der Waals surface area contributed by atoms with Crippen molar-refractivity contribution in [3.63, 3.8) is 0 Å². The third kappa shape index (κ3) is 2.04. The molecule has 0 nitrogen and oxygen atoms in total. The summed E-state index contributed by atoms with van der Waals surface area (Å²) in [6, 6.07) is 0. The molecule has 0 aromatic heterocycles. The Morgan fingerprint density at radius 1 is 1.33 bits per heavy atom. The molecule has 1 unspecified atom stereocenters. The summed E-state index contributed by atoms with van der Waals surface area (Å²) in [5, 5.41) is 0. The van der Waals surface area contributed by atoms with Gasteiger partial charge in [-0.3, -0.25) is 0 Å². The SMILES string of the molecule is [2H]C1CCC(=C)[C@H]2CC(C)(C)[C@@H]2CCC1=C. The third-order valence-corrected chi connectivity index (χ3v) is 4.43. The van der Waals surface area contributed by atoms with Gasteiger partial charge in [0.2, 0.25) is 0 Å². The normalized spacial score (nSPS) is 41.7. The molecule has 0 aromatic carbocycles. The molecule has 0 bridgehead atoms. The molecule has 0 heterocycles. The van der Waals surface area contributed by atoms with Crippen molar-refractivity contribution < 1.29 is 1.37 Å². The predicted molar refractivity (Wildman–Crippen MR) is 66.7 cm³/mol. The summed E-state index contributed by atoms with van der Waals surface area (Å²) in [4.78, 5) is 0. The fraction of sp³-hybridized carbons (Fsp3) is 0.733. The first-order valence-electron chi connectivity index (χ1n) is 6.77. The predicted octanol–water partition coefficient (Wildman–Crippen LogP) is 4.73. The lowest BCUT2D eigenvalue weighted by atomic mass is 9.52. The molecule has 0 radical (unpaired) electrons. The number of hydrogen-bond acceptors (Lipinski definition) is 0. The summed E-state index contributed by atoms with van der Waals surface area (Å²) in [6.07, 6.45) is 5.46. The first kappa shape index (κ1) is 9.69.